The van der Waals surface area contributed by atoms with Gasteiger partial charge in [-0.3, -0.25) is 0 Å². The van der Waals surface area contributed by atoms with Gasteiger partial charge in [-0.15, -0.1) is 0 Å². The lowest BCUT2D eigenvalue weighted by Crippen LogP contribution is -2.53. The summed E-state index contributed by atoms with van der Waals surface area (Å²) in [6.45, 7) is 2.62. The van der Waals surface area contributed by atoms with E-state index in [4.69, 9.17) is 0 Å². The van der Waals surface area contributed by atoms with Crippen LogP contribution in [0.3, 0.4) is 0 Å². The summed E-state index contributed by atoms with van der Waals surface area (Å²) >= 11 is 2.27. The number of hydrogen-bond acceptors (Lipinski definition) is 3. The van der Waals surface area contributed by atoms with Crippen molar-refractivity contribution in [2.45, 2.75) is 6.04 Å². The third-order valence-electron chi connectivity index (χ3n) is 1.33. The van der Waals surface area contributed by atoms with Crippen molar-refractivity contribution >= 4 is 29.2 Å². The third-order valence-corrected chi connectivity index (χ3v) is 2.11. The number of carbonyl (C=O) groups excluding carboxylic acids is 1. The van der Waals surface area contributed by atoms with Gasteiger partial charge >= 0.3 is 0 Å². The van der Waals surface area contributed by atoms with E-state index in [1.165, 1.54) is 0 Å². The predicted molar refractivity (Wildman–Crippen MR) is 43.4 cm³/mol. The molecule has 1 saturated heterocycles. The van der Waals surface area contributed by atoms with Gasteiger partial charge in [0.15, 0.2) is 0 Å². The van der Waals surface area contributed by atoms with Gasteiger partial charge in [0.1, 0.15) is 6.29 Å². The van der Waals surface area contributed by atoms with E-state index >= 15 is 0 Å². The van der Waals surface area contributed by atoms with Gasteiger partial charge < -0.3 is 10.1 Å². The highest BCUT2D eigenvalue weighted by Crippen LogP contribution is 2.11. The summed E-state index contributed by atoms with van der Waals surface area (Å²) in [4.78, 5) is 9.85. The molecular weight excluding hydrogens is 231 g/mol. The van der Waals surface area contributed by atoms with Crippen molar-refractivity contribution in [3.8, 4) is 0 Å². The molecule has 0 bridgehead atoms. The maximum Gasteiger partial charge on any atom is 0.133 e. The summed E-state index contributed by atoms with van der Waals surface area (Å²) < 4.78 is 2.18. The lowest BCUT2D eigenvalue weighted by molar-refractivity contribution is -0.107. The van der Waals surface area contributed by atoms with Gasteiger partial charge in [0.25, 0.3) is 0 Å². The summed E-state index contributed by atoms with van der Waals surface area (Å²) in [6, 6.07) is 0.548. The molecule has 1 aliphatic heterocycles. The Morgan fingerprint density at radius 3 is 2.89 bits per heavy atom. The molecule has 1 rings (SSSR count). The van der Waals surface area contributed by atoms with Crippen molar-refractivity contribution in [3.05, 3.63) is 0 Å². The molecule has 0 saturated carbocycles. The standard InChI is InChI=1S/C5H9IN2O/c6-8-3-5(4-8)7-1-2-9/h2,5,7H,1,3-4H2. The number of rotatable bonds is 3. The molecule has 0 amide bonds. The molecule has 3 nitrogen and oxygen atoms in total. The number of hydrogen-bond donors (Lipinski definition) is 1. The van der Waals surface area contributed by atoms with E-state index in [-0.39, 0.29) is 0 Å². The Morgan fingerprint density at radius 2 is 2.44 bits per heavy atom. The second-order valence-corrected chi connectivity index (χ2v) is 3.46. The summed E-state index contributed by atoms with van der Waals surface area (Å²) in [5.41, 5.74) is 0. The topological polar surface area (TPSA) is 32.3 Å². The quantitative estimate of drug-likeness (QED) is 0.421. The van der Waals surface area contributed by atoms with Crippen LogP contribution in [-0.4, -0.2) is 35.1 Å². The van der Waals surface area contributed by atoms with Gasteiger partial charge in [-0.1, -0.05) is 0 Å². The molecular formula is C5H9IN2O. The maximum atomic E-state index is 9.85. The second kappa shape index (κ2) is 3.48. The van der Waals surface area contributed by atoms with Gasteiger partial charge in [-0.25, -0.2) is 3.11 Å². The normalized spacial score (nSPS) is 21.4. The van der Waals surface area contributed by atoms with E-state index in [9.17, 15) is 4.79 Å². The van der Waals surface area contributed by atoms with Crippen LogP contribution in [0.25, 0.3) is 0 Å². The first-order valence-electron chi connectivity index (χ1n) is 2.90. The van der Waals surface area contributed by atoms with Crippen LogP contribution in [0.1, 0.15) is 0 Å². The van der Waals surface area contributed by atoms with Gasteiger partial charge in [0, 0.05) is 42.0 Å². The first-order valence-corrected chi connectivity index (χ1v) is 3.87. The van der Waals surface area contributed by atoms with E-state index in [1.54, 1.807) is 0 Å². The number of carbonyl (C=O) groups is 1. The predicted octanol–water partition coefficient (Wildman–Crippen LogP) is -0.191. The molecule has 0 atom stereocenters. The first-order chi connectivity index (χ1) is 4.33. The van der Waals surface area contributed by atoms with E-state index in [1.807, 2.05) is 0 Å². The van der Waals surface area contributed by atoms with Crippen LogP contribution in [0.15, 0.2) is 0 Å². The third kappa shape index (κ3) is 2.19. The summed E-state index contributed by atoms with van der Waals surface area (Å²) in [7, 11) is 0. The Morgan fingerprint density at radius 1 is 1.78 bits per heavy atom. The average Bonchev–Trinajstić information content (AvgIpc) is 1.78. The molecule has 0 aromatic heterocycles. The molecule has 1 aliphatic rings. The monoisotopic (exact) mass is 240 g/mol. The minimum atomic E-state index is 0.495. The Labute approximate surface area is 68.3 Å². The Bertz CT molecular complexity index is 103. The molecule has 9 heavy (non-hydrogen) atoms. The number of halogens is 1. The molecule has 52 valence electrons. The summed E-state index contributed by atoms with van der Waals surface area (Å²) in [6.07, 6.45) is 0.899. The molecule has 0 spiro atoms. The zero-order valence-electron chi connectivity index (χ0n) is 5.01. The van der Waals surface area contributed by atoms with E-state index in [0.717, 1.165) is 19.4 Å². The van der Waals surface area contributed by atoms with Crippen LogP contribution in [0.2, 0.25) is 0 Å². The Balaban J connectivity index is 1.97. The van der Waals surface area contributed by atoms with Crippen molar-refractivity contribution in [2.24, 2.45) is 0 Å². The van der Waals surface area contributed by atoms with Crippen LogP contribution in [0.5, 0.6) is 0 Å². The van der Waals surface area contributed by atoms with Crippen LogP contribution in [0, 0.1) is 0 Å². The minimum Gasteiger partial charge on any atom is -0.305 e. The summed E-state index contributed by atoms with van der Waals surface area (Å²) in [5.74, 6) is 0. The minimum absolute atomic E-state index is 0.495. The number of aldehydes is 1. The molecule has 1 N–H and O–H groups in total. The highest BCUT2D eigenvalue weighted by molar-refractivity contribution is 14.1. The fourth-order valence-corrected chi connectivity index (χ4v) is 1.72. The highest BCUT2D eigenvalue weighted by atomic mass is 127. The largest absolute Gasteiger partial charge is 0.305 e. The number of nitrogens with one attached hydrogen (secondary N) is 1. The van der Waals surface area contributed by atoms with Crippen molar-refractivity contribution in [2.75, 3.05) is 19.6 Å². The number of nitrogens with zero attached hydrogens (tertiary/aromatic N) is 1. The van der Waals surface area contributed by atoms with E-state index < -0.39 is 0 Å². The van der Waals surface area contributed by atoms with Gasteiger partial charge in [-0.2, -0.15) is 0 Å². The van der Waals surface area contributed by atoms with Crippen LogP contribution < -0.4 is 5.32 Å². The fourth-order valence-electron chi connectivity index (χ4n) is 0.769. The fraction of sp³-hybridized carbons (Fsp3) is 0.800. The average molecular weight is 240 g/mol. The van der Waals surface area contributed by atoms with Crippen LogP contribution in [-0.2, 0) is 4.79 Å². The second-order valence-electron chi connectivity index (χ2n) is 2.10. The Kier molecular flexibility index (Phi) is 2.87. The molecule has 0 aromatic rings. The first kappa shape index (κ1) is 7.43. The molecule has 1 fully saturated rings. The van der Waals surface area contributed by atoms with Crippen LogP contribution in [0.4, 0.5) is 0 Å². The van der Waals surface area contributed by atoms with Gasteiger partial charge in [-0.05, 0) is 0 Å². The molecule has 0 radical (unpaired) electrons. The Hall–Kier alpha value is 0.320. The molecule has 0 aromatic carbocycles. The smallest absolute Gasteiger partial charge is 0.133 e. The van der Waals surface area contributed by atoms with Gasteiger partial charge in [0.05, 0.1) is 6.54 Å². The molecule has 1 heterocycles. The van der Waals surface area contributed by atoms with Crippen molar-refractivity contribution < 1.29 is 4.79 Å². The SMILES string of the molecule is O=CCNC1CN(I)C1. The molecule has 0 unspecified atom stereocenters. The van der Waals surface area contributed by atoms with Crippen molar-refractivity contribution in [1.29, 1.82) is 0 Å². The zero-order valence-corrected chi connectivity index (χ0v) is 7.17. The lowest BCUT2D eigenvalue weighted by Gasteiger charge is -2.34. The maximum absolute atomic E-state index is 9.85. The van der Waals surface area contributed by atoms with E-state index in [0.29, 0.717) is 12.6 Å². The molecule has 4 heteroatoms. The van der Waals surface area contributed by atoms with Crippen LogP contribution >= 0.6 is 22.9 Å². The lowest BCUT2D eigenvalue weighted by atomic mass is 10.2. The van der Waals surface area contributed by atoms with Gasteiger partial charge in [0.2, 0.25) is 0 Å². The summed E-state index contributed by atoms with van der Waals surface area (Å²) in [5, 5.41) is 3.08. The van der Waals surface area contributed by atoms with Crippen molar-refractivity contribution in [1.82, 2.24) is 8.43 Å². The van der Waals surface area contributed by atoms with Crippen molar-refractivity contribution in [3.63, 3.8) is 0 Å². The molecule has 0 aliphatic carbocycles. The zero-order chi connectivity index (χ0) is 6.69. The van der Waals surface area contributed by atoms with E-state index in [2.05, 4.69) is 31.3 Å². The highest BCUT2D eigenvalue weighted by Gasteiger charge is 2.22.